The smallest absolute Gasteiger partial charge is 0.162 e. The molecule has 0 unspecified atom stereocenters. The van der Waals surface area contributed by atoms with Crippen LogP contribution in [-0.2, 0) is 6.54 Å². The van der Waals surface area contributed by atoms with Gasteiger partial charge in [-0.1, -0.05) is 17.7 Å². The maximum absolute atomic E-state index is 13.7. The number of aryl methyl sites for hydroxylation is 1. The minimum Gasteiger partial charge on any atom is -0.493 e. The number of anilines is 1. The van der Waals surface area contributed by atoms with E-state index in [0.29, 0.717) is 28.6 Å². The SMILES string of the molecule is COc1cc(C)c(NCc2ccc(Cl)cc2F)cc1OC. The molecule has 0 aliphatic carbocycles. The van der Waals surface area contributed by atoms with Crippen LogP contribution < -0.4 is 14.8 Å². The molecule has 0 aromatic heterocycles. The van der Waals surface area contributed by atoms with Crippen LogP contribution in [0.2, 0.25) is 5.02 Å². The summed E-state index contributed by atoms with van der Waals surface area (Å²) in [6.45, 7) is 2.31. The van der Waals surface area contributed by atoms with Crippen molar-refractivity contribution in [3.8, 4) is 11.5 Å². The Bertz CT molecular complexity index is 646. The van der Waals surface area contributed by atoms with Gasteiger partial charge in [-0.2, -0.15) is 0 Å². The lowest BCUT2D eigenvalue weighted by atomic mass is 10.1. The first-order valence-corrected chi connectivity index (χ1v) is 6.83. The molecule has 0 spiro atoms. The number of ether oxygens (including phenoxy) is 2. The molecule has 21 heavy (non-hydrogen) atoms. The van der Waals surface area contributed by atoms with Crippen LogP contribution in [0, 0.1) is 12.7 Å². The highest BCUT2D eigenvalue weighted by molar-refractivity contribution is 6.30. The van der Waals surface area contributed by atoms with Crippen molar-refractivity contribution in [2.75, 3.05) is 19.5 Å². The highest BCUT2D eigenvalue weighted by atomic mass is 35.5. The predicted octanol–water partition coefficient (Wildman–Crippen LogP) is 4.42. The van der Waals surface area contributed by atoms with E-state index in [0.717, 1.165) is 11.3 Å². The Morgan fingerprint density at radius 2 is 1.76 bits per heavy atom. The molecule has 2 aromatic rings. The summed E-state index contributed by atoms with van der Waals surface area (Å²) in [6.07, 6.45) is 0. The van der Waals surface area contributed by atoms with Crippen LogP contribution in [0.4, 0.5) is 10.1 Å². The van der Waals surface area contributed by atoms with E-state index in [1.54, 1.807) is 26.4 Å². The lowest BCUT2D eigenvalue weighted by molar-refractivity contribution is 0.355. The van der Waals surface area contributed by atoms with E-state index in [-0.39, 0.29) is 5.82 Å². The van der Waals surface area contributed by atoms with Crippen LogP contribution in [0.25, 0.3) is 0 Å². The molecule has 2 aromatic carbocycles. The third kappa shape index (κ3) is 3.58. The molecule has 5 heteroatoms. The van der Waals surface area contributed by atoms with Crippen molar-refractivity contribution in [1.29, 1.82) is 0 Å². The fourth-order valence-electron chi connectivity index (χ4n) is 2.03. The Balaban J connectivity index is 2.19. The first-order valence-electron chi connectivity index (χ1n) is 6.45. The topological polar surface area (TPSA) is 30.5 Å². The van der Waals surface area contributed by atoms with Gasteiger partial charge in [-0.15, -0.1) is 0 Å². The van der Waals surface area contributed by atoms with Gasteiger partial charge >= 0.3 is 0 Å². The van der Waals surface area contributed by atoms with E-state index in [1.165, 1.54) is 6.07 Å². The number of nitrogens with one attached hydrogen (secondary N) is 1. The van der Waals surface area contributed by atoms with E-state index in [4.69, 9.17) is 21.1 Å². The molecule has 0 aliphatic heterocycles. The number of rotatable bonds is 5. The van der Waals surface area contributed by atoms with Crippen LogP contribution in [-0.4, -0.2) is 14.2 Å². The van der Waals surface area contributed by atoms with Crippen LogP contribution in [0.3, 0.4) is 0 Å². The highest BCUT2D eigenvalue weighted by Gasteiger charge is 2.09. The van der Waals surface area contributed by atoms with Crippen LogP contribution in [0.5, 0.6) is 11.5 Å². The molecule has 112 valence electrons. The summed E-state index contributed by atoms with van der Waals surface area (Å²) in [6, 6.07) is 8.35. The van der Waals surface area contributed by atoms with Crippen molar-refractivity contribution in [1.82, 2.24) is 0 Å². The minimum absolute atomic E-state index is 0.326. The Labute approximate surface area is 128 Å². The van der Waals surface area contributed by atoms with Gasteiger partial charge in [0.1, 0.15) is 5.82 Å². The summed E-state index contributed by atoms with van der Waals surface area (Å²) < 4.78 is 24.3. The van der Waals surface area contributed by atoms with Crippen LogP contribution in [0.1, 0.15) is 11.1 Å². The molecule has 0 radical (unpaired) electrons. The molecular formula is C16H17ClFNO2. The second kappa shape index (κ2) is 6.68. The van der Waals surface area contributed by atoms with E-state index < -0.39 is 0 Å². The van der Waals surface area contributed by atoms with E-state index >= 15 is 0 Å². The Morgan fingerprint density at radius 1 is 1.10 bits per heavy atom. The lowest BCUT2D eigenvalue weighted by Gasteiger charge is -2.14. The molecule has 0 saturated heterocycles. The van der Waals surface area contributed by atoms with Crippen molar-refractivity contribution in [3.05, 3.63) is 52.3 Å². The molecule has 0 amide bonds. The third-order valence-electron chi connectivity index (χ3n) is 3.21. The maximum Gasteiger partial charge on any atom is 0.162 e. The van der Waals surface area contributed by atoms with Crippen molar-refractivity contribution in [2.24, 2.45) is 0 Å². The van der Waals surface area contributed by atoms with Gasteiger partial charge in [0.05, 0.1) is 14.2 Å². The van der Waals surface area contributed by atoms with E-state index in [1.807, 2.05) is 19.1 Å². The van der Waals surface area contributed by atoms with Crippen molar-refractivity contribution >= 4 is 17.3 Å². The third-order valence-corrected chi connectivity index (χ3v) is 3.45. The van der Waals surface area contributed by atoms with Gasteiger partial charge in [-0.3, -0.25) is 0 Å². The van der Waals surface area contributed by atoms with Crippen molar-refractivity contribution in [2.45, 2.75) is 13.5 Å². The highest BCUT2D eigenvalue weighted by Crippen LogP contribution is 2.33. The molecule has 0 fully saturated rings. The van der Waals surface area contributed by atoms with Gasteiger partial charge in [0, 0.05) is 28.9 Å². The normalized spacial score (nSPS) is 10.3. The quantitative estimate of drug-likeness (QED) is 0.887. The molecule has 0 atom stereocenters. The fraction of sp³-hybridized carbons (Fsp3) is 0.250. The predicted molar refractivity (Wildman–Crippen MR) is 83.0 cm³/mol. The Kier molecular flexibility index (Phi) is 4.91. The van der Waals surface area contributed by atoms with E-state index in [2.05, 4.69) is 5.32 Å². The first kappa shape index (κ1) is 15.4. The minimum atomic E-state index is -0.326. The molecular weight excluding hydrogens is 293 g/mol. The summed E-state index contributed by atoms with van der Waals surface area (Å²) in [5.74, 6) is 0.966. The zero-order valence-electron chi connectivity index (χ0n) is 12.2. The molecule has 2 rings (SSSR count). The van der Waals surface area contributed by atoms with Gasteiger partial charge < -0.3 is 14.8 Å². The van der Waals surface area contributed by atoms with E-state index in [9.17, 15) is 4.39 Å². The zero-order chi connectivity index (χ0) is 15.4. The van der Waals surface area contributed by atoms with Gasteiger partial charge in [0.2, 0.25) is 0 Å². The van der Waals surface area contributed by atoms with Crippen LogP contribution in [0.15, 0.2) is 30.3 Å². The Morgan fingerprint density at radius 3 is 2.38 bits per heavy atom. The number of benzene rings is 2. The second-order valence-electron chi connectivity index (χ2n) is 4.61. The van der Waals surface area contributed by atoms with Gasteiger partial charge in [0.25, 0.3) is 0 Å². The second-order valence-corrected chi connectivity index (χ2v) is 5.05. The average molecular weight is 310 g/mol. The molecule has 1 N–H and O–H groups in total. The largest absolute Gasteiger partial charge is 0.493 e. The molecule has 0 aliphatic rings. The van der Waals surface area contributed by atoms with Crippen molar-refractivity contribution in [3.63, 3.8) is 0 Å². The number of methoxy groups -OCH3 is 2. The number of hydrogen-bond acceptors (Lipinski definition) is 3. The van der Waals surface area contributed by atoms with Gasteiger partial charge in [-0.05, 0) is 30.7 Å². The summed E-state index contributed by atoms with van der Waals surface area (Å²) in [5.41, 5.74) is 2.40. The summed E-state index contributed by atoms with van der Waals surface area (Å²) in [5, 5.41) is 3.58. The Hall–Kier alpha value is -1.94. The van der Waals surface area contributed by atoms with Gasteiger partial charge in [-0.25, -0.2) is 4.39 Å². The average Bonchev–Trinajstić information content (AvgIpc) is 2.47. The fourth-order valence-corrected chi connectivity index (χ4v) is 2.19. The lowest BCUT2D eigenvalue weighted by Crippen LogP contribution is -2.04. The maximum atomic E-state index is 13.7. The summed E-state index contributed by atoms with van der Waals surface area (Å²) in [7, 11) is 3.17. The monoisotopic (exact) mass is 309 g/mol. The van der Waals surface area contributed by atoms with Crippen LogP contribution >= 0.6 is 11.6 Å². The molecule has 0 heterocycles. The molecule has 3 nitrogen and oxygen atoms in total. The number of halogens is 2. The van der Waals surface area contributed by atoms with Crippen molar-refractivity contribution < 1.29 is 13.9 Å². The summed E-state index contributed by atoms with van der Waals surface area (Å²) >= 11 is 5.74. The number of hydrogen-bond donors (Lipinski definition) is 1. The zero-order valence-corrected chi connectivity index (χ0v) is 12.9. The van der Waals surface area contributed by atoms with Gasteiger partial charge in [0.15, 0.2) is 11.5 Å². The standard InChI is InChI=1S/C16H17ClFNO2/c1-10-6-15(20-2)16(21-3)8-14(10)19-9-11-4-5-12(17)7-13(11)18/h4-8,19H,9H2,1-3H3. The molecule has 0 bridgehead atoms. The summed E-state index contributed by atoms with van der Waals surface area (Å²) in [4.78, 5) is 0. The first-order chi connectivity index (χ1) is 10.0. The molecule has 0 saturated carbocycles.